The van der Waals surface area contributed by atoms with E-state index >= 15 is 0 Å². The highest BCUT2D eigenvalue weighted by Gasteiger charge is 2.49. The molecule has 1 saturated heterocycles. The SMILES string of the molecule is C[C@@]1(c2ccc3c(c2)CCC3)NC(=O)N(CC(=O)Nc2ccc(F)cc2Cl)C1=O. The number of nitrogens with one attached hydrogen (secondary N) is 2. The molecule has 29 heavy (non-hydrogen) atoms. The molecule has 1 fully saturated rings. The zero-order chi connectivity index (χ0) is 20.8. The fourth-order valence-electron chi connectivity index (χ4n) is 3.84. The molecule has 6 nitrogen and oxygen atoms in total. The Bertz CT molecular complexity index is 1040. The van der Waals surface area contributed by atoms with E-state index in [1.807, 2.05) is 18.2 Å². The summed E-state index contributed by atoms with van der Waals surface area (Å²) >= 11 is 5.90. The van der Waals surface area contributed by atoms with E-state index in [-0.39, 0.29) is 10.7 Å². The monoisotopic (exact) mass is 415 g/mol. The molecule has 2 aromatic rings. The molecule has 4 rings (SSSR count). The minimum atomic E-state index is -1.23. The Morgan fingerprint density at radius 1 is 1.21 bits per heavy atom. The van der Waals surface area contributed by atoms with Crippen molar-refractivity contribution in [2.75, 3.05) is 11.9 Å². The standard InChI is InChI=1S/C21H19ClFN3O3/c1-21(14-6-5-12-3-2-4-13(12)9-14)19(28)26(20(29)25-21)11-18(27)24-17-8-7-15(23)10-16(17)22/h5-10H,2-4,11H2,1H3,(H,24,27)(H,25,29)/t21-/m0/s1. The molecular weight excluding hydrogens is 397 g/mol. The number of nitrogens with zero attached hydrogens (tertiary/aromatic N) is 1. The van der Waals surface area contributed by atoms with Gasteiger partial charge in [-0.3, -0.25) is 14.5 Å². The van der Waals surface area contributed by atoms with E-state index in [2.05, 4.69) is 10.6 Å². The summed E-state index contributed by atoms with van der Waals surface area (Å²) in [4.78, 5) is 38.7. The Kier molecular flexibility index (Phi) is 4.78. The van der Waals surface area contributed by atoms with E-state index in [1.54, 1.807) is 6.92 Å². The van der Waals surface area contributed by atoms with Gasteiger partial charge < -0.3 is 10.6 Å². The molecule has 2 N–H and O–H groups in total. The predicted molar refractivity (Wildman–Crippen MR) is 106 cm³/mol. The average molecular weight is 416 g/mol. The molecule has 1 heterocycles. The summed E-state index contributed by atoms with van der Waals surface area (Å²) in [5, 5.41) is 5.23. The number of carbonyl (C=O) groups is 3. The van der Waals surface area contributed by atoms with Crippen LogP contribution in [0.25, 0.3) is 0 Å². The Balaban J connectivity index is 1.51. The van der Waals surface area contributed by atoms with Crippen LogP contribution in [0.2, 0.25) is 5.02 Å². The van der Waals surface area contributed by atoms with E-state index in [0.717, 1.165) is 36.3 Å². The first-order valence-electron chi connectivity index (χ1n) is 9.29. The van der Waals surface area contributed by atoms with Crippen LogP contribution < -0.4 is 10.6 Å². The fraction of sp³-hybridized carbons (Fsp3) is 0.286. The number of amides is 4. The van der Waals surface area contributed by atoms with Crippen molar-refractivity contribution in [3.63, 3.8) is 0 Å². The van der Waals surface area contributed by atoms with Crippen molar-refractivity contribution in [3.8, 4) is 0 Å². The Labute approximate surface area is 172 Å². The number of fused-ring (bicyclic) bond motifs is 1. The minimum absolute atomic E-state index is 0.0264. The van der Waals surface area contributed by atoms with Gasteiger partial charge in [-0.1, -0.05) is 29.8 Å². The first-order valence-corrected chi connectivity index (χ1v) is 9.67. The molecule has 1 aliphatic heterocycles. The molecule has 0 radical (unpaired) electrons. The second-order valence-corrected chi connectivity index (χ2v) is 7.86. The average Bonchev–Trinajstić information content (AvgIpc) is 3.22. The van der Waals surface area contributed by atoms with Crippen molar-refractivity contribution in [2.24, 2.45) is 0 Å². The van der Waals surface area contributed by atoms with Gasteiger partial charge in [-0.05, 0) is 61.1 Å². The summed E-state index contributed by atoms with van der Waals surface area (Å²) in [6.45, 7) is 1.16. The first-order chi connectivity index (χ1) is 13.8. The Morgan fingerprint density at radius 3 is 2.72 bits per heavy atom. The molecule has 2 aromatic carbocycles. The van der Waals surface area contributed by atoms with Gasteiger partial charge in [0.15, 0.2) is 0 Å². The lowest BCUT2D eigenvalue weighted by Gasteiger charge is -2.23. The van der Waals surface area contributed by atoms with Crippen LogP contribution in [0.1, 0.15) is 30.0 Å². The smallest absolute Gasteiger partial charge is 0.323 e. The van der Waals surface area contributed by atoms with E-state index in [0.29, 0.717) is 5.56 Å². The quantitative estimate of drug-likeness (QED) is 0.751. The van der Waals surface area contributed by atoms with Crippen LogP contribution >= 0.6 is 11.6 Å². The maximum atomic E-state index is 13.1. The molecule has 150 valence electrons. The molecule has 1 atom stereocenters. The number of imide groups is 1. The van der Waals surface area contributed by atoms with Crippen molar-refractivity contribution >= 4 is 35.1 Å². The van der Waals surface area contributed by atoms with Crippen molar-refractivity contribution in [1.29, 1.82) is 0 Å². The first kappa shape index (κ1) is 19.4. The number of carbonyl (C=O) groups excluding carboxylic acids is 3. The predicted octanol–water partition coefficient (Wildman–Crippen LogP) is 3.37. The van der Waals surface area contributed by atoms with Crippen molar-refractivity contribution < 1.29 is 18.8 Å². The number of aryl methyl sites for hydroxylation is 2. The van der Waals surface area contributed by atoms with Crippen molar-refractivity contribution in [2.45, 2.75) is 31.7 Å². The number of anilines is 1. The Hall–Kier alpha value is -2.93. The summed E-state index contributed by atoms with van der Waals surface area (Å²) in [6, 6.07) is 8.70. The minimum Gasteiger partial charge on any atom is -0.323 e. The maximum absolute atomic E-state index is 13.1. The highest BCUT2D eigenvalue weighted by atomic mass is 35.5. The summed E-state index contributed by atoms with van der Waals surface area (Å²) in [5.74, 6) is -1.65. The zero-order valence-corrected chi connectivity index (χ0v) is 16.5. The molecule has 4 amide bonds. The zero-order valence-electron chi connectivity index (χ0n) is 15.7. The highest BCUT2D eigenvalue weighted by Crippen LogP contribution is 2.32. The van der Waals surface area contributed by atoms with Crippen molar-refractivity contribution in [3.05, 3.63) is 63.9 Å². The van der Waals surface area contributed by atoms with Crippen LogP contribution in [-0.4, -0.2) is 29.3 Å². The second kappa shape index (κ2) is 7.15. The second-order valence-electron chi connectivity index (χ2n) is 7.46. The van der Waals surface area contributed by atoms with Gasteiger partial charge in [0.2, 0.25) is 5.91 Å². The molecule has 1 aliphatic carbocycles. The van der Waals surface area contributed by atoms with E-state index in [4.69, 9.17) is 11.6 Å². The van der Waals surface area contributed by atoms with Crippen LogP contribution in [0.15, 0.2) is 36.4 Å². The van der Waals surface area contributed by atoms with Gasteiger partial charge in [0.1, 0.15) is 17.9 Å². The van der Waals surface area contributed by atoms with Gasteiger partial charge in [-0.15, -0.1) is 0 Å². The third-order valence-electron chi connectivity index (χ3n) is 5.46. The third kappa shape index (κ3) is 3.46. The van der Waals surface area contributed by atoms with Crippen molar-refractivity contribution in [1.82, 2.24) is 10.2 Å². The topological polar surface area (TPSA) is 78.5 Å². The number of rotatable bonds is 4. The van der Waals surface area contributed by atoms with Crippen LogP contribution in [0.3, 0.4) is 0 Å². The molecule has 8 heteroatoms. The van der Waals surface area contributed by atoms with Gasteiger partial charge >= 0.3 is 6.03 Å². The molecule has 0 bridgehead atoms. The lowest BCUT2D eigenvalue weighted by atomic mass is 9.89. The van der Waals surface area contributed by atoms with E-state index in [1.165, 1.54) is 17.2 Å². The summed E-state index contributed by atoms with van der Waals surface area (Å²) in [5.41, 5.74) is 2.12. The van der Waals surface area contributed by atoms with Crippen LogP contribution in [0, 0.1) is 5.82 Å². The largest absolute Gasteiger partial charge is 0.325 e. The molecule has 0 spiro atoms. The summed E-state index contributed by atoms with van der Waals surface area (Å²) in [6.07, 6.45) is 3.05. The Morgan fingerprint density at radius 2 is 1.97 bits per heavy atom. The van der Waals surface area contributed by atoms with E-state index < -0.39 is 35.7 Å². The lowest BCUT2D eigenvalue weighted by molar-refractivity contribution is -0.133. The van der Waals surface area contributed by atoms with Crippen LogP contribution in [-0.2, 0) is 28.0 Å². The van der Waals surface area contributed by atoms with Gasteiger partial charge in [0, 0.05) is 0 Å². The number of hydrogen-bond donors (Lipinski definition) is 2. The van der Waals surface area contributed by atoms with Gasteiger partial charge in [-0.2, -0.15) is 0 Å². The molecular formula is C21H19ClFN3O3. The molecule has 0 saturated carbocycles. The van der Waals surface area contributed by atoms with Crippen LogP contribution in [0.5, 0.6) is 0 Å². The summed E-state index contributed by atoms with van der Waals surface area (Å²) in [7, 11) is 0. The lowest BCUT2D eigenvalue weighted by Crippen LogP contribution is -2.42. The highest BCUT2D eigenvalue weighted by molar-refractivity contribution is 6.33. The molecule has 0 aromatic heterocycles. The van der Waals surface area contributed by atoms with E-state index in [9.17, 15) is 18.8 Å². The maximum Gasteiger partial charge on any atom is 0.325 e. The number of halogens is 2. The number of hydrogen-bond acceptors (Lipinski definition) is 3. The normalized spacial score (nSPS) is 20.6. The third-order valence-corrected chi connectivity index (χ3v) is 5.77. The van der Waals surface area contributed by atoms with Gasteiger partial charge in [0.05, 0.1) is 10.7 Å². The number of benzene rings is 2. The van der Waals surface area contributed by atoms with Crippen LogP contribution in [0.4, 0.5) is 14.9 Å². The summed E-state index contributed by atoms with van der Waals surface area (Å²) < 4.78 is 13.1. The molecule has 0 unspecified atom stereocenters. The number of urea groups is 1. The fourth-order valence-corrected chi connectivity index (χ4v) is 4.06. The molecule has 2 aliphatic rings. The van der Waals surface area contributed by atoms with Gasteiger partial charge in [-0.25, -0.2) is 9.18 Å². The van der Waals surface area contributed by atoms with Gasteiger partial charge in [0.25, 0.3) is 5.91 Å².